The van der Waals surface area contributed by atoms with Crippen LogP contribution >= 0.6 is 0 Å². The number of halogens is 2. The number of alkyl carbamates (subject to hydrolysis) is 1. The van der Waals surface area contributed by atoms with E-state index in [1.807, 2.05) is 0 Å². The van der Waals surface area contributed by atoms with Gasteiger partial charge in [-0.05, 0) is 33.6 Å². The van der Waals surface area contributed by atoms with Crippen molar-refractivity contribution in [3.8, 4) is 0 Å². The quantitative estimate of drug-likeness (QED) is 0.822. The maximum absolute atomic E-state index is 13.7. The van der Waals surface area contributed by atoms with Crippen molar-refractivity contribution >= 4 is 6.09 Å². The second kappa shape index (κ2) is 4.55. The molecule has 0 spiro atoms. The Kier molecular flexibility index (Phi) is 3.52. The van der Waals surface area contributed by atoms with Crippen LogP contribution in [0.15, 0.2) is 0 Å². The summed E-state index contributed by atoms with van der Waals surface area (Å²) in [7, 11) is 0. The van der Waals surface area contributed by atoms with Crippen molar-refractivity contribution < 1.29 is 18.3 Å². The number of hydrogen-bond donors (Lipinski definition) is 2. The molecule has 116 valence electrons. The van der Waals surface area contributed by atoms with Crippen molar-refractivity contribution in [3.63, 3.8) is 0 Å². The second-order valence-electron chi connectivity index (χ2n) is 7.12. The van der Waals surface area contributed by atoms with Gasteiger partial charge in [-0.2, -0.15) is 0 Å². The van der Waals surface area contributed by atoms with Crippen LogP contribution in [0.4, 0.5) is 13.6 Å². The zero-order valence-corrected chi connectivity index (χ0v) is 12.4. The van der Waals surface area contributed by atoms with Crippen molar-refractivity contribution in [1.82, 2.24) is 5.32 Å². The Labute approximate surface area is 118 Å². The molecule has 4 nitrogen and oxygen atoms in total. The summed E-state index contributed by atoms with van der Waals surface area (Å²) in [6, 6.07) is 0. The maximum atomic E-state index is 13.7. The molecule has 6 heteroatoms. The monoisotopic (exact) mass is 290 g/mol. The Morgan fingerprint density at radius 1 is 1.20 bits per heavy atom. The Balaban J connectivity index is 2.15. The Morgan fingerprint density at radius 3 is 2.10 bits per heavy atom. The minimum atomic E-state index is -2.90. The fourth-order valence-corrected chi connectivity index (χ4v) is 3.16. The number of carbonyl (C=O) groups is 1. The molecule has 2 aliphatic rings. The van der Waals surface area contributed by atoms with Gasteiger partial charge in [-0.25, -0.2) is 13.6 Å². The van der Waals surface area contributed by atoms with Crippen molar-refractivity contribution in [3.05, 3.63) is 0 Å². The van der Waals surface area contributed by atoms with E-state index >= 15 is 0 Å². The number of nitrogens with one attached hydrogen (secondary N) is 1. The molecule has 2 rings (SSSR count). The maximum Gasteiger partial charge on any atom is 0.408 e. The number of rotatable bonds is 2. The van der Waals surface area contributed by atoms with E-state index in [1.165, 1.54) is 0 Å². The van der Waals surface area contributed by atoms with E-state index in [9.17, 15) is 13.6 Å². The normalized spacial score (nSPS) is 31.5. The molecule has 2 fully saturated rings. The smallest absolute Gasteiger partial charge is 0.408 e. The van der Waals surface area contributed by atoms with Crippen LogP contribution in [-0.4, -0.2) is 28.7 Å². The molecule has 3 N–H and O–H groups in total. The van der Waals surface area contributed by atoms with Crippen LogP contribution in [0.2, 0.25) is 0 Å². The third-order valence-electron chi connectivity index (χ3n) is 4.33. The molecular formula is C14H24F2N2O2. The molecule has 0 heterocycles. The van der Waals surface area contributed by atoms with Crippen molar-refractivity contribution in [2.45, 2.75) is 81.9 Å². The zero-order chi connectivity index (χ0) is 15.2. The number of carbonyl (C=O) groups excluding carboxylic acids is 1. The Hall–Kier alpha value is -0.910. The summed E-state index contributed by atoms with van der Waals surface area (Å²) >= 11 is 0. The molecule has 1 unspecified atom stereocenters. The first-order valence-electron chi connectivity index (χ1n) is 7.19. The SMILES string of the molecule is CC(C)(C)OC(=O)NC1(C2(N)CC2(F)F)CCCCC1. The van der Waals surface area contributed by atoms with Crippen molar-refractivity contribution in [1.29, 1.82) is 0 Å². The van der Waals surface area contributed by atoms with Crippen LogP contribution in [0.1, 0.15) is 59.3 Å². The summed E-state index contributed by atoms with van der Waals surface area (Å²) in [6.45, 7) is 5.22. The van der Waals surface area contributed by atoms with Gasteiger partial charge in [0.05, 0.1) is 5.54 Å². The second-order valence-corrected chi connectivity index (χ2v) is 7.12. The molecule has 2 aliphatic carbocycles. The first kappa shape index (κ1) is 15.5. The van der Waals surface area contributed by atoms with Crippen molar-refractivity contribution in [2.24, 2.45) is 5.73 Å². The molecule has 0 aromatic rings. The third-order valence-corrected chi connectivity index (χ3v) is 4.33. The molecule has 20 heavy (non-hydrogen) atoms. The first-order valence-corrected chi connectivity index (χ1v) is 7.19. The Bertz CT molecular complexity index is 400. The molecule has 0 radical (unpaired) electrons. The van der Waals surface area contributed by atoms with Crippen LogP contribution in [0.5, 0.6) is 0 Å². The van der Waals surface area contributed by atoms with E-state index in [4.69, 9.17) is 10.5 Å². The summed E-state index contributed by atoms with van der Waals surface area (Å²) in [6.07, 6.45) is 2.52. The van der Waals surface area contributed by atoms with Gasteiger partial charge < -0.3 is 15.8 Å². The molecule has 0 aromatic carbocycles. The van der Waals surface area contributed by atoms with Crippen LogP contribution in [0, 0.1) is 0 Å². The topological polar surface area (TPSA) is 64.3 Å². The molecule has 2 saturated carbocycles. The van der Waals surface area contributed by atoms with E-state index in [0.29, 0.717) is 12.8 Å². The standard InChI is InChI=1S/C14H24F2N2O2/c1-11(2,3)20-10(19)18-12(7-5-4-6-8-12)13(17)9-14(13,15)16/h4-9,17H2,1-3H3,(H,18,19). The van der Waals surface area contributed by atoms with Gasteiger partial charge in [0.2, 0.25) is 0 Å². The largest absolute Gasteiger partial charge is 0.444 e. The lowest BCUT2D eigenvalue weighted by atomic mass is 9.74. The van der Waals surface area contributed by atoms with Gasteiger partial charge >= 0.3 is 6.09 Å². The summed E-state index contributed by atoms with van der Waals surface area (Å²) in [4.78, 5) is 12.0. The van der Waals surface area contributed by atoms with Gasteiger partial charge in [0.25, 0.3) is 5.92 Å². The highest BCUT2D eigenvalue weighted by atomic mass is 19.3. The lowest BCUT2D eigenvalue weighted by Crippen LogP contribution is -2.65. The van der Waals surface area contributed by atoms with Gasteiger partial charge in [-0.3, -0.25) is 0 Å². The molecular weight excluding hydrogens is 266 g/mol. The number of ether oxygens (including phenoxy) is 1. The van der Waals surface area contributed by atoms with Crippen LogP contribution in [0.25, 0.3) is 0 Å². The molecule has 1 amide bonds. The summed E-state index contributed by atoms with van der Waals surface area (Å²) in [5, 5.41) is 2.68. The van der Waals surface area contributed by atoms with Gasteiger partial charge in [-0.1, -0.05) is 19.3 Å². The number of nitrogens with two attached hydrogens (primary N) is 1. The van der Waals surface area contributed by atoms with Gasteiger partial charge in [-0.15, -0.1) is 0 Å². The van der Waals surface area contributed by atoms with E-state index in [1.54, 1.807) is 20.8 Å². The predicted octanol–water partition coefficient (Wildman–Crippen LogP) is 2.95. The third kappa shape index (κ3) is 2.62. The van der Waals surface area contributed by atoms with E-state index < -0.39 is 28.7 Å². The zero-order valence-electron chi connectivity index (χ0n) is 12.4. The minimum absolute atomic E-state index is 0.365. The average Bonchev–Trinajstić information content (AvgIpc) is 2.78. The van der Waals surface area contributed by atoms with Crippen LogP contribution in [-0.2, 0) is 4.74 Å². The van der Waals surface area contributed by atoms with Crippen LogP contribution < -0.4 is 11.1 Å². The number of amides is 1. The molecule has 0 bridgehead atoms. The molecule has 1 atom stereocenters. The summed E-state index contributed by atoms with van der Waals surface area (Å²) in [5.74, 6) is -2.90. The molecule has 0 aliphatic heterocycles. The highest BCUT2D eigenvalue weighted by molar-refractivity contribution is 5.69. The highest BCUT2D eigenvalue weighted by Gasteiger charge is 2.78. The van der Waals surface area contributed by atoms with Gasteiger partial charge in [0.1, 0.15) is 11.1 Å². The van der Waals surface area contributed by atoms with E-state index in [-0.39, 0.29) is 6.42 Å². The van der Waals surface area contributed by atoms with Gasteiger partial charge in [0, 0.05) is 6.42 Å². The minimum Gasteiger partial charge on any atom is -0.444 e. The van der Waals surface area contributed by atoms with Crippen LogP contribution in [0.3, 0.4) is 0 Å². The lowest BCUT2D eigenvalue weighted by Gasteiger charge is -2.43. The fourth-order valence-electron chi connectivity index (χ4n) is 3.16. The Morgan fingerprint density at radius 2 is 1.70 bits per heavy atom. The predicted molar refractivity (Wildman–Crippen MR) is 71.7 cm³/mol. The number of hydrogen-bond acceptors (Lipinski definition) is 3. The summed E-state index contributed by atoms with van der Waals surface area (Å²) in [5.41, 5.74) is 2.59. The summed E-state index contributed by atoms with van der Waals surface area (Å²) < 4.78 is 32.6. The van der Waals surface area contributed by atoms with Crippen molar-refractivity contribution in [2.75, 3.05) is 0 Å². The lowest BCUT2D eigenvalue weighted by molar-refractivity contribution is 0.0191. The molecule has 0 saturated heterocycles. The van der Waals surface area contributed by atoms with E-state index in [2.05, 4.69) is 5.32 Å². The first-order chi connectivity index (χ1) is 9.02. The molecule has 0 aromatic heterocycles. The average molecular weight is 290 g/mol. The van der Waals surface area contributed by atoms with E-state index in [0.717, 1.165) is 19.3 Å². The van der Waals surface area contributed by atoms with Gasteiger partial charge in [0.15, 0.2) is 0 Å². The fraction of sp³-hybridized carbons (Fsp3) is 0.929. The number of alkyl halides is 2. The highest BCUT2D eigenvalue weighted by Crippen LogP contribution is 2.59.